The molecule has 1 spiro atoms. The largest absolute Gasteiger partial charge is 0.497 e. The van der Waals surface area contributed by atoms with Gasteiger partial charge in [-0.25, -0.2) is 0 Å². The lowest BCUT2D eigenvalue weighted by molar-refractivity contribution is -0.121. The number of fused-ring (bicyclic) bond motifs is 2. The van der Waals surface area contributed by atoms with Gasteiger partial charge in [0.1, 0.15) is 11.5 Å². The molecule has 0 saturated carbocycles. The summed E-state index contributed by atoms with van der Waals surface area (Å²) in [4.78, 5) is 26.5. The van der Waals surface area contributed by atoms with Crippen molar-refractivity contribution in [3.05, 3.63) is 71.8 Å². The van der Waals surface area contributed by atoms with Crippen molar-refractivity contribution in [1.82, 2.24) is 10.6 Å². The quantitative estimate of drug-likeness (QED) is 0.408. The molecule has 7 heteroatoms. The van der Waals surface area contributed by atoms with Crippen molar-refractivity contribution in [2.45, 2.75) is 44.8 Å². The third kappa shape index (κ3) is 4.57. The van der Waals surface area contributed by atoms with Gasteiger partial charge in [0.25, 0.3) is 0 Å². The highest BCUT2D eigenvalue weighted by Crippen LogP contribution is 2.55. The molecule has 0 radical (unpaired) electrons. The minimum atomic E-state index is -0.772. The molecule has 2 aliphatic rings. The van der Waals surface area contributed by atoms with Gasteiger partial charge in [-0.15, -0.1) is 0 Å². The number of nitrogens with zero attached hydrogens (tertiary/aromatic N) is 1. The van der Waals surface area contributed by atoms with Gasteiger partial charge in [0.15, 0.2) is 0 Å². The molecule has 2 amide bonds. The van der Waals surface area contributed by atoms with Gasteiger partial charge in [-0.1, -0.05) is 24.8 Å². The van der Waals surface area contributed by atoms with Gasteiger partial charge in [0.05, 0.1) is 12.5 Å². The molecule has 1 atom stereocenters. The van der Waals surface area contributed by atoms with Gasteiger partial charge in [-0.3, -0.25) is 9.59 Å². The first-order chi connectivity index (χ1) is 17.2. The molecular formula is C29H35N3O4. The summed E-state index contributed by atoms with van der Waals surface area (Å²) in [5, 5.41) is 5.74. The van der Waals surface area contributed by atoms with Gasteiger partial charge in [-0.05, 0) is 69.2 Å². The van der Waals surface area contributed by atoms with Crippen molar-refractivity contribution in [2.75, 3.05) is 31.6 Å². The first kappa shape index (κ1) is 25.4. The number of amides is 2. The van der Waals surface area contributed by atoms with Crippen LogP contribution < -0.4 is 25.0 Å². The Morgan fingerprint density at radius 3 is 2.61 bits per heavy atom. The third-order valence-corrected chi connectivity index (χ3v) is 7.05. The predicted molar refractivity (Wildman–Crippen MR) is 142 cm³/mol. The molecule has 7 nitrogen and oxygen atoms in total. The molecule has 36 heavy (non-hydrogen) atoms. The molecule has 1 unspecified atom stereocenters. The average Bonchev–Trinajstić information content (AvgIpc) is 3.04. The average molecular weight is 490 g/mol. The lowest BCUT2D eigenvalue weighted by Gasteiger charge is -2.47. The predicted octanol–water partition coefficient (Wildman–Crippen LogP) is 4.18. The third-order valence-electron chi connectivity index (χ3n) is 7.05. The van der Waals surface area contributed by atoms with Crippen molar-refractivity contribution < 1.29 is 19.1 Å². The highest BCUT2D eigenvalue weighted by Gasteiger charge is 2.58. The fourth-order valence-corrected chi connectivity index (χ4v) is 4.97. The van der Waals surface area contributed by atoms with E-state index in [0.717, 1.165) is 22.7 Å². The van der Waals surface area contributed by atoms with Crippen LogP contribution in [0.15, 0.2) is 60.7 Å². The van der Waals surface area contributed by atoms with E-state index in [0.29, 0.717) is 38.0 Å². The number of rotatable bonds is 9. The topological polar surface area (TPSA) is 79.9 Å². The molecule has 2 N–H and O–H groups in total. The molecule has 190 valence electrons. The van der Waals surface area contributed by atoms with E-state index in [1.807, 2.05) is 30.3 Å². The van der Waals surface area contributed by atoms with Gasteiger partial charge >= 0.3 is 0 Å². The second kappa shape index (κ2) is 10.1. The van der Waals surface area contributed by atoms with Crippen molar-refractivity contribution >= 4 is 23.6 Å². The zero-order valence-electron chi connectivity index (χ0n) is 21.5. The van der Waals surface area contributed by atoms with Crippen molar-refractivity contribution in [3.63, 3.8) is 0 Å². The summed E-state index contributed by atoms with van der Waals surface area (Å²) in [6.07, 6.45) is 5.16. The summed E-state index contributed by atoms with van der Waals surface area (Å²) in [6, 6.07) is 14.1. The Hall–Kier alpha value is -3.74. The number of benzene rings is 2. The van der Waals surface area contributed by atoms with E-state index in [1.165, 1.54) is 5.56 Å². The lowest BCUT2D eigenvalue weighted by atomic mass is 9.76. The Morgan fingerprint density at radius 1 is 1.11 bits per heavy atom. The van der Waals surface area contributed by atoms with E-state index in [-0.39, 0.29) is 17.2 Å². The maximum atomic E-state index is 12.7. The van der Waals surface area contributed by atoms with Gasteiger partial charge in [0, 0.05) is 42.9 Å². The van der Waals surface area contributed by atoms with Crippen LogP contribution in [0.5, 0.6) is 11.5 Å². The Kier molecular flexibility index (Phi) is 7.11. The number of carbonyl (C=O) groups excluding carboxylic acids is 2. The Morgan fingerprint density at radius 2 is 1.86 bits per heavy atom. The monoisotopic (exact) mass is 489 g/mol. The summed E-state index contributed by atoms with van der Waals surface area (Å²) in [7, 11) is 1.65. The second-order valence-corrected chi connectivity index (χ2v) is 9.82. The van der Waals surface area contributed by atoms with E-state index in [4.69, 9.17) is 9.47 Å². The van der Waals surface area contributed by atoms with Crippen LogP contribution in [0.2, 0.25) is 0 Å². The number of anilines is 1. The zero-order valence-corrected chi connectivity index (χ0v) is 21.5. The number of carbonyl (C=O) groups is 2. The van der Waals surface area contributed by atoms with E-state index < -0.39 is 5.72 Å². The molecular weight excluding hydrogens is 454 g/mol. The molecule has 0 saturated heterocycles. The Bertz CT molecular complexity index is 1200. The highest BCUT2D eigenvalue weighted by atomic mass is 16.5. The van der Waals surface area contributed by atoms with Gasteiger partial charge in [0.2, 0.25) is 17.5 Å². The number of hydrogen-bond acceptors (Lipinski definition) is 5. The second-order valence-electron chi connectivity index (χ2n) is 9.82. The van der Waals surface area contributed by atoms with Crippen molar-refractivity contribution in [1.29, 1.82) is 0 Å². The number of hydrogen-bond donors (Lipinski definition) is 2. The van der Waals surface area contributed by atoms with Crippen LogP contribution >= 0.6 is 0 Å². The van der Waals surface area contributed by atoms with Crippen LogP contribution in [-0.4, -0.2) is 44.3 Å². The smallest absolute Gasteiger partial charge is 0.246 e. The molecule has 0 bridgehead atoms. The van der Waals surface area contributed by atoms with Crippen molar-refractivity contribution in [2.24, 2.45) is 0 Å². The molecule has 0 aliphatic carbocycles. The molecule has 4 rings (SSSR count). The minimum Gasteiger partial charge on any atom is -0.497 e. The summed E-state index contributed by atoms with van der Waals surface area (Å²) in [5.74, 6) is 1.36. The maximum Gasteiger partial charge on any atom is 0.246 e. The summed E-state index contributed by atoms with van der Waals surface area (Å²) in [6.45, 7) is 11.1. The Balaban J connectivity index is 1.48. The van der Waals surface area contributed by atoms with Gasteiger partial charge < -0.3 is 25.0 Å². The van der Waals surface area contributed by atoms with Crippen LogP contribution in [0.3, 0.4) is 0 Å². The van der Waals surface area contributed by atoms with E-state index in [9.17, 15) is 9.59 Å². The van der Waals surface area contributed by atoms with Crippen LogP contribution in [0.25, 0.3) is 6.08 Å². The van der Waals surface area contributed by atoms with Crippen LogP contribution in [-0.2, 0) is 15.0 Å². The maximum absolute atomic E-state index is 12.7. The summed E-state index contributed by atoms with van der Waals surface area (Å²) < 4.78 is 12.2. The molecule has 2 aromatic carbocycles. The van der Waals surface area contributed by atoms with Gasteiger partial charge in [-0.2, -0.15) is 0 Å². The van der Waals surface area contributed by atoms with Crippen LogP contribution in [0.4, 0.5) is 5.69 Å². The number of methoxy groups -OCH3 is 1. The normalized spacial score (nSPS) is 18.7. The highest BCUT2D eigenvalue weighted by molar-refractivity contribution is 5.92. The summed E-state index contributed by atoms with van der Waals surface area (Å²) >= 11 is 0. The number of ether oxygens (including phenoxy) is 2. The first-order valence-electron chi connectivity index (χ1n) is 12.3. The molecule has 0 fully saturated rings. The van der Waals surface area contributed by atoms with E-state index >= 15 is 0 Å². The number of para-hydroxylation sites is 1. The fourth-order valence-electron chi connectivity index (χ4n) is 4.97. The summed E-state index contributed by atoms with van der Waals surface area (Å²) in [5.41, 5.74) is 2.55. The van der Waals surface area contributed by atoms with Crippen LogP contribution in [0, 0.1) is 0 Å². The molecule has 2 aromatic rings. The zero-order chi connectivity index (χ0) is 25.9. The van der Waals surface area contributed by atoms with E-state index in [2.05, 4.69) is 60.2 Å². The lowest BCUT2D eigenvalue weighted by Crippen LogP contribution is -2.60. The first-order valence-corrected chi connectivity index (χ1v) is 12.3. The Labute approximate surface area is 213 Å². The SMILES string of the molecule is C=C(C)C(=O)NCCCNC(=O)CCN1c2ccccc2C(C)(C)C12C=Cc1cc(OC)ccc1O2. The van der Waals surface area contributed by atoms with Crippen molar-refractivity contribution in [3.8, 4) is 11.5 Å². The minimum absolute atomic E-state index is 0.0384. The molecule has 2 aliphatic heterocycles. The van der Waals surface area contributed by atoms with E-state index in [1.54, 1.807) is 14.0 Å². The molecule has 0 aromatic heterocycles. The fraction of sp³-hybridized carbons (Fsp3) is 0.379. The van der Waals surface area contributed by atoms with Crippen LogP contribution in [0.1, 0.15) is 44.7 Å². The number of nitrogens with one attached hydrogen (secondary N) is 2. The standard InChI is InChI=1S/C29H35N3O4/c1-20(2)27(34)31-17-8-16-30-26(33)14-18-32-24-10-7-6-9-23(24)28(3,4)29(32)15-13-21-19-22(35-5)11-12-25(21)36-29/h6-7,9-13,15,19H,1,8,14,16-18H2,2-5H3,(H,30,33)(H,31,34). The molecule has 2 heterocycles.